The van der Waals surface area contributed by atoms with Gasteiger partial charge in [-0.15, -0.1) is 0 Å². The van der Waals surface area contributed by atoms with E-state index in [9.17, 15) is 13.2 Å². The predicted octanol–water partition coefficient (Wildman–Crippen LogP) is 3.95. The maximum Gasteiger partial charge on any atom is 0.490 e. The van der Waals surface area contributed by atoms with Crippen LogP contribution in [0.5, 0.6) is 0 Å². The number of rotatable bonds is 3. The molecule has 0 amide bonds. The minimum atomic E-state index is -5.08. The third-order valence-electron chi connectivity index (χ3n) is 3.74. The molecular formula is C18H24F3N2O2S+. The first kappa shape index (κ1) is 14.1. The van der Waals surface area contributed by atoms with Gasteiger partial charge in [0.25, 0.3) is 0 Å². The van der Waals surface area contributed by atoms with Crippen molar-refractivity contribution in [1.82, 2.24) is 5.32 Å². The average Bonchev–Trinajstić information content (AvgIpc) is 3.08. The molecule has 1 aromatic carbocycles. The molecule has 1 saturated heterocycles. The topological polar surface area (TPSA) is 52.3 Å². The van der Waals surface area contributed by atoms with Crippen LogP contribution in [0.2, 0.25) is 0 Å². The average molecular weight is 395 g/mol. The maximum absolute atomic E-state index is 10.6. The Hall–Kier alpha value is -1.96. The van der Waals surface area contributed by atoms with Crippen molar-refractivity contribution >= 4 is 28.9 Å². The summed E-state index contributed by atoms with van der Waals surface area (Å²) in [5.41, 5.74) is 0.573. The zero-order valence-electron chi connectivity index (χ0n) is 20.0. The number of carboxylic acid groups (broad SMARTS) is 1. The number of hydrogen-bond acceptors (Lipinski definition) is 2. The van der Waals surface area contributed by atoms with Gasteiger partial charge in [0.05, 0.1) is 0 Å². The number of thiocarbonyl (C=S) groups is 1. The summed E-state index contributed by atoms with van der Waals surface area (Å²) in [7, 11) is 0. The lowest BCUT2D eigenvalue weighted by atomic mass is 10.1. The summed E-state index contributed by atoms with van der Waals surface area (Å²) >= 11 is 5.50. The van der Waals surface area contributed by atoms with E-state index in [1.54, 1.807) is 0 Å². The van der Waals surface area contributed by atoms with Crippen LogP contribution >= 0.6 is 12.2 Å². The van der Waals surface area contributed by atoms with E-state index in [1.807, 2.05) is 37.3 Å². The van der Waals surface area contributed by atoms with E-state index in [2.05, 4.69) is 5.32 Å². The Kier molecular flexibility index (Phi) is 5.25. The van der Waals surface area contributed by atoms with Crippen LogP contribution in [-0.4, -0.2) is 45.1 Å². The molecule has 4 nitrogen and oxygen atoms in total. The van der Waals surface area contributed by atoms with Gasteiger partial charge in [0.1, 0.15) is 17.2 Å². The molecule has 2 atom stereocenters. The predicted molar refractivity (Wildman–Crippen MR) is 98.8 cm³/mol. The Balaban J connectivity index is 0.000000633. The molecule has 0 bridgehead atoms. The van der Waals surface area contributed by atoms with Crippen molar-refractivity contribution < 1.29 is 35.9 Å². The summed E-state index contributed by atoms with van der Waals surface area (Å²) in [6.07, 6.45) is -3.73. The van der Waals surface area contributed by atoms with Crippen LogP contribution in [-0.2, 0) is 4.79 Å². The van der Waals surface area contributed by atoms with Gasteiger partial charge >= 0.3 is 12.1 Å². The fourth-order valence-electron chi connectivity index (χ4n) is 2.44. The molecule has 0 saturated carbocycles. The SMILES string of the molecule is O=C(O)C(F)(F)F.[2H]C([2H])([2H])C(=[N+]1CCC[C@H]1C(=S)N[C@H](C)c1ccccc1)C([2H])([2H])[2H]. The highest BCUT2D eigenvalue weighted by Crippen LogP contribution is 2.17. The molecule has 0 aromatic heterocycles. The minimum absolute atomic E-state index is 0.0416. The van der Waals surface area contributed by atoms with Gasteiger partial charge in [-0.2, -0.15) is 13.2 Å². The molecule has 1 aromatic rings. The molecule has 1 aliphatic rings. The zero-order chi connectivity index (χ0) is 24.9. The molecule has 1 aliphatic heterocycles. The third kappa shape index (κ3) is 6.74. The quantitative estimate of drug-likeness (QED) is 0.601. The second kappa shape index (κ2) is 9.66. The third-order valence-corrected chi connectivity index (χ3v) is 4.13. The van der Waals surface area contributed by atoms with Crippen molar-refractivity contribution in [2.24, 2.45) is 0 Å². The summed E-state index contributed by atoms with van der Waals surface area (Å²) in [5, 5.41) is 10.4. The van der Waals surface area contributed by atoms with E-state index in [1.165, 1.54) is 4.58 Å². The van der Waals surface area contributed by atoms with Crippen LogP contribution in [0.15, 0.2) is 30.3 Å². The Morgan fingerprint density at radius 2 is 1.96 bits per heavy atom. The van der Waals surface area contributed by atoms with Crippen molar-refractivity contribution in [3.63, 3.8) is 0 Å². The van der Waals surface area contributed by atoms with Gasteiger partial charge in [0.15, 0.2) is 0 Å². The number of halogens is 3. The van der Waals surface area contributed by atoms with Crippen molar-refractivity contribution in [3.8, 4) is 0 Å². The normalized spacial score (nSPS) is 22.2. The molecule has 2 rings (SSSR count). The molecule has 0 spiro atoms. The number of nitrogens with zero attached hydrogens (tertiary/aromatic N) is 1. The fraction of sp³-hybridized carbons (Fsp3) is 0.500. The second-order valence-corrected chi connectivity index (χ2v) is 6.08. The molecule has 2 N–H and O–H groups in total. The number of aliphatic carboxylic acids is 1. The number of hydrogen-bond donors (Lipinski definition) is 2. The molecule has 26 heavy (non-hydrogen) atoms. The number of carboxylic acids is 1. The molecule has 144 valence electrons. The largest absolute Gasteiger partial charge is 0.490 e. The molecule has 8 heteroatoms. The van der Waals surface area contributed by atoms with Crippen LogP contribution in [0, 0.1) is 0 Å². The highest BCUT2D eigenvalue weighted by molar-refractivity contribution is 7.80. The summed E-state index contributed by atoms with van der Waals surface area (Å²) < 4.78 is 79.1. The van der Waals surface area contributed by atoms with Crippen LogP contribution in [0.25, 0.3) is 0 Å². The highest BCUT2D eigenvalue weighted by atomic mass is 32.1. The van der Waals surface area contributed by atoms with E-state index < -0.39 is 37.6 Å². The van der Waals surface area contributed by atoms with E-state index in [0.29, 0.717) is 24.4 Å². The Bertz CT molecular complexity index is 826. The summed E-state index contributed by atoms with van der Waals surface area (Å²) in [6.45, 7) is -2.99. The van der Waals surface area contributed by atoms with E-state index in [0.717, 1.165) is 5.56 Å². The van der Waals surface area contributed by atoms with Gasteiger partial charge < -0.3 is 10.4 Å². The minimum Gasteiger partial charge on any atom is -0.475 e. The Morgan fingerprint density at radius 1 is 1.38 bits per heavy atom. The second-order valence-electron chi connectivity index (χ2n) is 5.64. The molecule has 1 heterocycles. The maximum atomic E-state index is 10.6. The summed E-state index contributed by atoms with van der Waals surface area (Å²) in [5.74, 6) is -2.76. The Morgan fingerprint density at radius 3 is 2.46 bits per heavy atom. The number of carbonyl (C=O) groups is 1. The van der Waals surface area contributed by atoms with Gasteiger partial charge in [-0.05, 0) is 12.5 Å². The lowest BCUT2D eigenvalue weighted by Crippen LogP contribution is -2.40. The van der Waals surface area contributed by atoms with E-state index >= 15 is 0 Å². The number of nitrogens with one attached hydrogen (secondary N) is 1. The van der Waals surface area contributed by atoms with E-state index in [-0.39, 0.29) is 6.04 Å². The number of benzene rings is 1. The van der Waals surface area contributed by atoms with E-state index in [4.69, 9.17) is 30.3 Å². The van der Waals surface area contributed by atoms with Crippen molar-refractivity contribution in [1.29, 1.82) is 0 Å². The molecule has 0 radical (unpaired) electrons. The first-order valence-electron chi connectivity index (χ1n) is 10.8. The Labute approximate surface area is 165 Å². The van der Waals surface area contributed by atoms with Crippen LogP contribution in [0.1, 0.15) is 53.3 Å². The number of alkyl halides is 3. The van der Waals surface area contributed by atoms with Gasteiger partial charge in [0.2, 0.25) is 6.04 Å². The molecule has 0 unspecified atom stereocenters. The lowest BCUT2D eigenvalue weighted by molar-refractivity contribution is -0.527. The van der Waals surface area contributed by atoms with Crippen molar-refractivity contribution in [3.05, 3.63) is 35.9 Å². The standard InChI is InChI=1S/C16H22N2S.C2HF3O2/c1-12(2)18-11-7-10-15(18)16(19)17-13(3)14-8-5-4-6-9-14;3-2(4,5)1(6)7/h4-6,8-9,13,15H,7,10-11H2,1-3H3;(H,6,7)/p+1/t13-,15+;/m1./s1/i1D3,2D3;. The molecular weight excluding hydrogens is 365 g/mol. The van der Waals surface area contributed by atoms with Crippen molar-refractivity contribution in [2.75, 3.05) is 6.54 Å². The first-order valence-corrected chi connectivity index (χ1v) is 8.17. The monoisotopic (exact) mass is 395 g/mol. The summed E-state index contributed by atoms with van der Waals surface area (Å²) in [4.78, 5) is 9.38. The highest BCUT2D eigenvalue weighted by Gasteiger charge is 2.38. The fourth-order valence-corrected chi connectivity index (χ4v) is 2.86. The van der Waals surface area contributed by atoms with Crippen LogP contribution in [0.3, 0.4) is 0 Å². The summed E-state index contributed by atoms with van der Waals surface area (Å²) in [6, 6.07) is 9.32. The molecule has 0 aliphatic carbocycles. The first-order chi connectivity index (χ1) is 14.5. The van der Waals surface area contributed by atoms with Crippen LogP contribution < -0.4 is 5.32 Å². The van der Waals surface area contributed by atoms with Gasteiger partial charge in [-0.1, -0.05) is 42.5 Å². The zero-order valence-corrected chi connectivity index (χ0v) is 14.8. The van der Waals surface area contributed by atoms with Crippen LogP contribution in [0.4, 0.5) is 13.2 Å². The van der Waals surface area contributed by atoms with Gasteiger partial charge in [0, 0.05) is 40.8 Å². The molecule has 1 fully saturated rings. The van der Waals surface area contributed by atoms with Gasteiger partial charge in [-0.25, -0.2) is 9.37 Å². The smallest absolute Gasteiger partial charge is 0.475 e. The van der Waals surface area contributed by atoms with Crippen molar-refractivity contribution in [2.45, 2.75) is 51.7 Å². The lowest BCUT2D eigenvalue weighted by Gasteiger charge is -2.18. The van der Waals surface area contributed by atoms with Gasteiger partial charge in [-0.3, -0.25) is 0 Å².